The minimum Gasteiger partial charge on any atom is -0.271 e. The van der Waals surface area contributed by atoms with E-state index in [9.17, 15) is 0 Å². The van der Waals surface area contributed by atoms with Gasteiger partial charge in [0.1, 0.15) is 0 Å². The standard InChI is InChI=1S/C13H16BrN3/c1-8(2)12(17-15)13-10(14)7-9-5-3-4-6-11(9)16-13/h3-8,12,17H,15H2,1-2H3. The summed E-state index contributed by atoms with van der Waals surface area (Å²) in [5.41, 5.74) is 4.78. The molecule has 4 heteroatoms. The minimum atomic E-state index is 0.0500. The lowest BCUT2D eigenvalue weighted by molar-refractivity contribution is 0.411. The molecular weight excluding hydrogens is 278 g/mol. The topological polar surface area (TPSA) is 50.9 Å². The van der Waals surface area contributed by atoms with Crippen LogP contribution in [0.3, 0.4) is 0 Å². The first-order valence-electron chi connectivity index (χ1n) is 5.64. The number of para-hydroxylation sites is 1. The van der Waals surface area contributed by atoms with E-state index in [4.69, 9.17) is 5.84 Å². The van der Waals surface area contributed by atoms with Crippen LogP contribution in [-0.2, 0) is 0 Å². The summed E-state index contributed by atoms with van der Waals surface area (Å²) < 4.78 is 0.993. The van der Waals surface area contributed by atoms with Crippen LogP contribution >= 0.6 is 15.9 Å². The van der Waals surface area contributed by atoms with E-state index in [0.717, 1.165) is 21.1 Å². The van der Waals surface area contributed by atoms with Crippen molar-refractivity contribution >= 4 is 26.8 Å². The van der Waals surface area contributed by atoms with Crippen molar-refractivity contribution in [3.8, 4) is 0 Å². The van der Waals surface area contributed by atoms with Crippen molar-refractivity contribution in [3.05, 3.63) is 40.5 Å². The summed E-state index contributed by atoms with van der Waals surface area (Å²) in [4.78, 5) is 4.68. The maximum Gasteiger partial charge on any atom is 0.0738 e. The number of aromatic nitrogens is 1. The van der Waals surface area contributed by atoms with Crippen molar-refractivity contribution < 1.29 is 0 Å². The average molecular weight is 294 g/mol. The molecule has 0 amide bonds. The molecule has 0 aliphatic heterocycles. The Morgan fingerprint density at radius 1 is 1.29 bits per heavy atom. The Morgan fingerprint density at radius 2 is 2.00 bits per heavy atom. The second-order valence-corrected chi connectivity index (χ2v) is 5.29. The SMILES string of the molecule is CC(C)C(NN)c1nc2ccccc2cc1Br. The molecule has 1 atom stereocenters. The zero-order valence-electron chi connectivity index (χ0n) is 9.94. The number of fused-ring (bicyclic) bond motifs is 1. The summed E-state index contributed by atoms with van der Waals surface area (Å²) in [6.07, 6.45) is 0. The molecule has 0 saturated heterocycles. The van der Waals surface area contributed by atoms with Crippen molar-refractivity contribution in [1.29, 1.82) is 0 Å². The quantitative estimate of drug-likeness (QED) is 0.675. The minimum absolute atomic E-state index is 0.0500. The summed E-state index contributed by atoms with van der Waals surface area (Å²) in [7, 11) is 0. The third kappa shape index (κ3) is 2.49. The predicted molar refractivity (Wildman–Crippen MR) is 74.3 cm³/mol. The van der Waals surface area contributed by atoms with Gasteiger partial charge in [0, 0.05) is 9.86 Å². The molecule has 0 spiro atoms. The molecule has 1 aromatic carbocycles. The highest BCUT2D eigenvalue weighted by molar-refractivity contribution is 9.10. The largest absolute Gasteiger partial charge is 0.271 e. The molecule has 3 nitrogen and oxygen atoms in total. The lowest BCUT2D eigenvalue weighted by Crippen LogP contribution is -2.32. The Morgan fingerprint density at radius 3 is 2.65 bits per heavy atom. The molecule has 90 valence electrons. The van der Waals surface area contributed by atoms with Crippen molar-refractivity contribution in [1.82, 2.24) is 10.4 Å². The number of halogens is 1. The second kappa shape index (κ2) is 5.12. The van der Waals surface area contributed by atoms with E-state index in [1.54, 1.807) is 0 Å². The monoisotopic (exact) mass is 293 g/mol. The van der Waals surface area contributed by atoms with Crippen molar-refractivity contribution in [2.45, 2.75) is 19.9 Å². The van der Waals surface area contributed by atoms with Gasteiger partial charge in [0.05, 0.1) is 17.3 Å². The molecular formula is C13H16BrN3. The Kier molecular flexibility index (Phi) is 3.76. The first-order chi connectivity index (χ1) is 8.13. The summed E-state index contributed by atoms with van der Waals surface area (Å²) in [6, 6.07) is 10.2. The van der Waals surface area contributed by atoms with Crippen LogP contribution in [-0.4, -0.2) is 4.98 Å². The Balaban J connectivity index is 2.57. The molecule has 0 fully saturated rings. The van der Waals surface area contributed by atoms with Crippen molar-refractivity contribution in [3.63, 3.8) is 0 Å². The highest BCUT2D eigenvalue weighted by Gasteiger charge is 2.18. The van der Waals surface area contributed by atoms with Gasteiger partial charge in [0.2, 0.25) is 0 Å². The van der Waals surface area contributed by atoms with E-state index in [-0.39, 0.29) is 6.04 Å². The van der Waals surface area contributed by atoms with Gasteiger partial charge in [0.15, 0.2) is 0 Å². The van der Waals surface area contributed by atoms with Crippen molar-refractivity contribution in [2.75, 3.05) is 0 Å². The normalized spacial score (nSPS) is 13.2. The van der Waals surface area contributed by atoms with E-state index in [1.165, 1.54) is 0 Å². The third-order valence-electron chi connectivity index (χ3n) is 2.85. The molecule has 0 bridgehead atoms. The van der Waals surface area contributed by atoms with Crippen LogP contribution in [0, 0.1) is 5.92 Å². The van der Waals surface area contributed by atoms with Gasteiger partial charge in [0.25, 0.3) is 0 Å². The molecule has 0 aliphatic rings. The molecule has 0 radical (unpaired) electrons. The maximum absolute atomic E-state index is 5.61. The number of hydrogen-bond donors (Lipinski definition) is 2. The lowest BCUT2D eigenvalue weighted by Gasteiger charge is -2.20. The van der Waals surface area contributed by atoms with Crippen LogP contribution in [0.4, 0.5) is 0 Å². The molecule has 2 aromatic rings. The van der Waals surface area contributed by atoms with Gasteiger partial charge in [-0.25, -0.2) is 4.98 Å². The number of benzene rings is 1. The van der Waals surface area contributed by atoms with Crippen LogP contribution in [0.1, 0.15) is 25.6 Å². The zero-order chi connectivity index (χ0) is 12.4. The smallest absolute Gasteiger partial charge is 0.0738 e. The highest BCUT2D eigenvalue weighted by Crippen LogP contribution is 2.29. The Hall–Kier alpha value is -0.970. The third-order valence-corrected chi connectivity index (χ3v) is 3.48. The molecule has 1 heterocycles. The second-order valence-electron chi connectivity index (χ2n) is 4.44. The van der Waals surface area contributed by atoms with E-state index < -0.39 is 0 Å². The van der Waals surface area contributed by atoms with Gasteiger partial charge >= 0.3 is 0 Å². The number of hydrazine groups is 1. The number of pyridine rings is 1. The van der Waals surface area contributed by atoms with Gasteiger partial charge in [-0.2, -0.15) is 0 Å². The molecule has 1 aromatic heterocycles. The fourth-order valence-corrected chi connectivity index (χ4v) is 2.49. The molecule has 0 saturated carbocycles. The molecule has 0 aliphatic carbocycles. The van der Waals surface area contributed by atoms with E-state index in [0.29, 0.717) is 5.92 Å². The van der Waals surface area contributed by atoms with Crippen LogP contribution < -0.4 is 11.3 Å². The van der Waals surface area contributed by atoms with E-state index >= 15 is 0 Å². The van der Waals surface area contributed by atoms with Crippen LogP contribution in [0.5, 0.6) is 0 Å². The van der Waals surface area contributed by atoms with Gasteiger partial charge in [-0.05, 0) is 34.0 Å². The predicted octanol–water partition coefficient (Wildman–Crippen LogP) is 3.16. The first kappa shape index (κ1) is 12.5. The van der Waals surface area contributed by atoms with E-state index in [1.807, 2.05) is 18.2 Å². The van der Waals surface area contributed by atoms with E-state index in [2.05, 4.69) is 52.3 Å². The number of nitrogens with two attached hydrogens (primary N) is 1. The summed E-state index contributed by atoms with van der Waals surface area (Å²) >= 11 is 3.57. The van der Waals surface area contributed by atoms with Crippen LogP contribution in [0.25, 0.3) is 10.9 Å². The molecule has 17 heavy (non-hydrogen) atoms. The summed E-state index contributed by atoms with van der Waals surface area (Å²) in [6.45, 7) is 4.24. The average Bonchev–Trinajstić information content (AvgIpc) is 2.30. The zero-order valence-corrected chi connectivity index (χ0v) is 11.5. The fourth-order valence-electron chi connectivity index (χ4n) is 1.91. The summed E-state index contributed by atoms with van der Waals surface area (Å²) in [5, 5.41) is 1.13. The first-order valence-corrected chi connectivity index (χ1v) is 6.44. The summed E-state index contributed by atoms with van der Waals surface area (Å²) in [5.74, 6) is 5.99. The number of nitrogens with one attached hydrogen (secondary N) is 1. The maximum atomic E-state index is 5.61. The Bertz CT molecular complexity index is 525. The number of rotatable bonds is 3. The highest BCUT2D eigenvalue weighted by atomic mass is 79.9. The lowest BCUT2D eigenvalue weighted by atomic mass is 10.0. The van der Waals surface area contributed by atoms with Crippen LogP contribution in [0.2, 0.25) is 0 Å². The van der Waals surface area contributed by atoms with Gasteiger partial charge in [-0.3, -0.25) is 11.3 Å². The molecule has 2 rings (SSSR count). The van der Waals surface area contributed by atoms with Gasteiger partial charge in [-0.1, -0.05) is 32.0 Å². The van der Waals surface area contributed by atoms with Gasteiger partial charge in [-0.15, -0.1) is 0 Å². The van der Waals surface area contributed by atoms with Crippen molar-refractivity contribution in [2.24, 2.45) is 11.8 Å². The fraction of sp³-hybridized carbons (Fsp3) is 0.308. The van der Waals surface area contributed by atoms with Gasteiger partial charge < -0.3 is 0 Å². The number of nitrogens with zero attached hydrogens (tertiary/aromatic N) is 1. The number of hydrogen-bond acceptors (Lipinski definition) is 3. The Labute approximate surface area is 110 Å². The van der Waals surface area contributed by atoms with Crippen LogP contribution in [0.15, 0.2) is 34.8 Å². The molecule has 3 N–H and O–H groups in total. The molecule has 1 unspecified atom stereocenters.